The summed E-state index contributed by atoms with van der Waals surface area (Å²) >= 11 is 0. The van der Waals surface area contributed by atoms with E-state index >= 15 is 0 Å². The molecular weight excluding hydrogens is 519 g/mol. The Balaban J connectivity index is 2.09. The van der Waals surface area contributed by atoms with Crippen LogP contribution in [-0.2, 0) is 14.1 Å². The van der Waals surface area contributed by atoms with E-state index in [9.17, 15) is 8.42 Å². The van der Waals surface area contributed by atoms with E-state index in [-0.39, 0.29) is 0 Å². The molecule has 0 amide bonds. The number of benzene rings is 2. The molecule has 2 aromatic rings. The second-order valence-electron chi connectivity index (χ2n) is 13.3. The van der Waals surface area contributed by atoms with Crippen LogP contribution in [0.2, 0.25) is 0 Å². The van der Waals surface area contributed by atoms with Gasteiger partial charge >= 0.3 is 241 Å². The van der Waals surface area contributed by atoms with E-state index in [4.69, 9.17) is 3.97 Å². The van der Waals surface area contributed by atoms with Gasteiger partial charge in [-0.15, -0.1) is 0 Å². The molecule has 0 aliphatic heterocycles. The minimum absolute atomic E-state index is 0.338. The van der Waals surface area contributed by atoms with Gasteiger partial charge in [-0.1, -0.05) is 0 Å². The molecule has 2 aliphatic carbocycles. The summed E-state index contributed by atoms with van der Waals surface area (Å²) in [7, 11) is -6.61. The number of hydrogen-bond donors (Lipinski definition) is 0. The zero-order valence-corrected chi connectivity index (χ0v) is 27.4. The molecule has 2 saturated carbocycles. The average molecular weight is 573 g/mol. The Kier molecular flexibility index (Phi) is 10.0. The molecule has 0 aromatic heterocycles. The zero-order chi connectivity index (χ0) is 28.4. The predicted octanol–water partition coefficient (Wildman–Crippen LogP) is 9.66. The van der Waals surface area contributed by atoms with Gasteiger partial charge in [-0.3, -0.25) is 0 Å². The first-order valence-electron chi connectivity index (χ1n) is 15.6. The fraction of sp³-hybridized carbons (Fsp3) is 0.647. The van der Waals surface area contributed by atoms with E-state index in [0.717, 1.165) is 25.7 Å². The first kappa shape index (κ1) is 30.7. The predicted molar refractivity (Wildman–Crippen MR) is 172 cm³/mol. The van der Waals surface area contributed by atoms with Crippen LogP contribution in [0.3, 0.4) is 0 Å². The van der Waals surface area contributed by atoms with Gasteiger partial charge in [-0.05, 0) is 0 Å². The van der Waals surface area contributed by atoms with Crippen molar-refractivity contribution in [2.24, 2.45) is 0 Å². The summed E-state index contributed by atoms with van der Waals surface area (Å²) in [6, 6.07) is 13.7. The molecule has 2 aromatic carbocycles. The summed E-state index contributed by atoms with van der Waals surface area (Å²) < 4.78 is 33.2. The molecule has 0 unspecified atom stereocenters. The number of rotatable bonds is 9. The second-order valence-corrected chi connectivity index (χ2v) is 19.2. The van der Waals surface area contributed by atoms with Gasteiger partial charge in [-0.2, -0.15) is 0 Å². The first-order valence-corrected chi connectivity index (χ1v) is 19.5. The molecule has 0 N–H and O–H groups in total. The summed E-state index contributed by atoms with van der Waals surface area (Å²) in [6.07, 6.45) is 12.9. The number of hydrogen-bond acceptors (Lipinski definition) is 3. The summed E-state index contributed by atoms with van der Waals surface area (Å²) in [5.74, 6) is 1.18. The first-order chi connectivity index (χ1) is 18.5. The molecule has 39 heavy (non-hydrogen) atoms. The van der Waals surface area contributed by atoms with Crippen molar-refractivity contribution in [2.45, 2.75) is 135 Å². The van der Waals surface area contributed by atoms with Gasteiger partial charge in [0.1, 0.15) is 0 Å². The van der Waals surface area contributed by atoms with E-state index < -0.39 is 17.6 Å². The molecule has 5 heteroatoms. The molecule has 4 rings (SSSR count). The third kappa shape index (κ3) is 6.65. The Labute approximate surface area is 240 Å². The van der Waals surface area contributed by atoms with Gasteiger partial charge in [0.2, 0.25) is 0 Å². The fourth-order valence-corrected chi connectivity index (χ4v) is 16.1. The second kappa shape index (κ2) is 12.7. The van der Waals surface area contributed by atoms with E-state index in [2.05, 4.69) is 77.9 Å². The van der Waals surface area contributed by atoms with Gasteiger partial charge in [0.05, 0.1) is 0 Å². The van der Waals surface area contributed by atoms with Crippen LogP contribution in [0, 0.1) is 0 Å². The van der Waals surface area contributed by atoms with Gasteiger partial charge in [0.15, 0.2) is 0 Å². The summed E-state index contributed by atoms with van der Waals surface area (Å²) in [6.45, 7) is 13.8. The Morgan fingerprint density at radius 3 is 1.59 bits per heavy atom. The Bertz CT molecular complexity index is 1170. The molecule has 0 atom stereocenters. The van der Waals surface area contributed by atoms with Crippen molar-refractivity contribution in [2.75, 3.05) is 6.26 Å². The molecule has 0 heterocycles. The monoisotopic (exact) mass is 572 g/mol. The topological polar surface area (TPSA) is 43.4 Å². The summed E-state index contributed by atoms with van der Waals surface area (Å²) in [4.78, 5) is 0. The van der Waals surface area contributed by atoms with Crippen molar-refractivity contribution in [1.29, 1.82) is 0 Å². The van der Waals surface area contributed by atoms with Crippen LogP contribution in [0.4, 0.5) is 0 Å². The van der Waals surface area contributed by atoms with Gasteiger partial charge in [0.25, 0.3) is 0 Å². The third-order valence-electron chi connectivity index (χ3n) is 9.46. The van der Waals surface area contributed by atoms with Crippen molar-refractivity contribution < 1.29 is 12.4 Å². The molecule has 218 valence electrons. The zero-order valence-electron chi connectivity index (χ0n) is 25.6. The molecule has 2 aliphatic rings. The molecule has 3 nitrogen and oxygen atoms in total. The van der Waals surface area contributed by atoms with Crippen molar-refractivity contribution in [3.63, 3.8) is 0 Å². The molecule has 0 saturated heterocycles. The van der Waals surface area contributed by atoms with Crippen LogP contribution in [0.15, 0.2) is 36.4 Å². The van der Waals surface area contributed by atoms with Crippen molar-refractivity contribution in [3.05, 3.63) is 53.1 Å². The van der Waals surface area contributed by atoms with Crippen molar-refractivity contribution >= 4 is 22.9 Å². The van der Waals surface area contributed by atoms with Crippen LogP contribution in [-0.4, -0.2) is 26.0 Å². The van der Waals surface area contributed by atoms with E-state index in [1.807, 2.05) is 0 Å². The van der Waals surface area contributed by atoms with Crippen LogP contribution in [0.25, 0.3) is 11.1 Å². The molecule has 2 fully saturated rings. The van der Waals surface area contributed by atoms with E-state index in [1.165, 1.54) is 77.9 Å². The summed E-state index contributed by atoms with van der Waals surface area (Å²) in [5, 5.41) is 1.25. The molecular formula is C34H53O3PS. The summed E-state index contributed by atoms with van der Waals surface area (Å²) in [5.41, 5.74) is 7.40. The average Bonchev–Trinajstić information content (AvgIpc) is 2.91. The SMILES string of the molecule is CC(C)c1cc(C(C)C)c(-c2ccccc2[PH](OS(C)(=O)=O)(C2CCCCC2)C2CCCCC2)c(C(C)C)c1. The molecule has 0 radical (unpaired) electrons. The van der Waals surface area contributed by atoms with Gasteiger partial charge in [-0.25, -0.2) is 0 Å². The maximum absolute atomic E-state index is 13.2. The maximum atomic E-state index is 13.2. The van der Waals surface area contributed by atoms with E-state index in [0.29, 0.717) is 29.1 Å². The van der Waals surface area contributed by atoms with Gasteiger partial charge in [0, 0.05) is 0 Å². The standard InChI is InChI=1S/C34H53O3PS/c1-24(2)27-22-31(25(3)4)34(32(23-27)26(5)6)30-20-14-15-21-33(30)38(37-39(7,35)36,28-16-10-8-11-17-28)29-18-12-9-13-19-29/h14-15,20-26,28-29,38H,8-13,16-19H2,1-7H3. The molecule has 0 spiro atoms. The van der Waals surface area contributed by atoms with Crippen LogP contribution >= 0.6 is 7.49 Å². The van der Waals surface area contributed by atoms with Crippen molar-refractivity contribution in [1.82, 2.24) is 0 Å². The third-order valence-corrected chi connectivity index (χ3v) is 16.6. The Morgan fingerprint density at radius 2 is 1.18 bits per heavy atom. The van der Waals surface area contributed by atoms with Crippen LogP contribution in [0.5, 0.6) is 0 Å². The van der Waals surface area contributed by atoms with Crippen molar-refractivity contribution in [3.8, 4) is 11.1 Å². The Hall–Kier alpha value is -1.22. The fourth-order valence-electron chi connectivity index (χ4n) is 7.58. The van der Waals surface area contributed by atoms with E-state index in [1.54, 1.807) is 0 Å². The Morgan fingerprint density at radius 1 is 0.718 bits per heavy atom. The minimum atomic E-state index is -3.64. The molecule has 0 bridgehead atoms. The van der Waals surface area contributed by atoms with Crippen LogP contribution in [0.1, 0.15) is 140 Å². The van der Waals surface area contributed by atoms with Gasteiger partial charge < -0.3 is 0 Å². The normalized spacial score (nSPS) is 18.8. The van der Waals surface area contributed by atoms with Crippen LogP contribution < -0.4 is 5.30 Å². The quantitative estimate of drug-likeness (QED) is 0.281.